The van der Waals surface area contributed by atoms with Gasteiger partial charge >= 0.3 is 6.09 Å². The average molecular weight is 308 g/mol. The van der Waals surface area contributed by atoms with E-state index in [-0.39, 0.29) is 30.1 Å². The maximum atomic E-state index is 11.7. The van der Waals surface area contributed by atoms with Crippen molar-refractivity contribution in [2.75, 3.05) is 19.7 Å². The van der Waals surface area contributed by atoms with Crippen LogP contribution in [0.2, 0.25) is 0 Å². The highest BCUT2D eigenvalue weighted by Crippen LogP contribution is 2.53. The van der Waals surface area contributed by atoms with E-state index in [1.54, 1.807) is 11.8 Å². The van der Waals surface area contributed by atoms with Gasteiger partial charge in [0.05, 0.1) is 0 Å². The lowest BCUT2D eigenvalue weighted by Gasteiger charge is -2.40. The smallest absolute Gasteiger partial charge is 0.407 e. The first kappa shape index (κ1) is 18.3. The highest BCUT2D eigenvalue weighted by molar-refractivity contribution is 5.75. The van der Waals surface area contributed by atoms with Crippen LogP contribution in [0.5, 0.6) is 0 Å². The summed E-state index contributed by atoms with van der Waals surface area (Å²) in [6, 6.07) is 0.154. The predicted molar refractivity (Wildman–Crippen MR) is 87.5 cm³/mol. The van der Waals surface area contributed by atoms with Gasteiger partial charge in [0.25, 0.3) is 0 Å². The zero-order valence-corrected chi connectivity index (χ0v) is 14.3. The number of hydrogen-bond donors (Lipinski definition) is 1. The molecule has 1 unspecified atom stereocenters. The van der Waals surface area contributed by atoms with Crippen LogP contribution < -0.4 is 5.32 Å². The van der Waals surface area contributed by atoms with Gasteiger partial charge in [0, 0.05) is 31.5 Å². The Balaban J connectivity index is 0.00000116. The lowest BCUT2D eigenvalue weighted by Crippen LogP contribution is -2.54. The molecule has 22 heavy (non-hydrogen) atoms. The van der Waals surface area contributed by atoms with E-state index in [9.17, 15) is 9.59 Å². The second-order valence-electron chi connectivity index (χ2n) is 5.58. The highest BCUT2D eigenvalue weighted by Gasteiger charge is 2.62. The van der Waals surface area contributed by atoms with Crippen molar-refractivity contribution in [2.24, 2.45) is 5.41 Å². The van der Waals surface area contributed by atoms with Crippen LogP contribution in [0.4, 0.5) is 4.79 Å². The number of carbonyl (C=O) groups excluding carboxylic acids is 2. The molecule has 1 atom stereocenters. The monoisotopic (exact) mass is 308 g/mol. The minimum Gasteiger partial charge on any atom is -0.445 e. The Bertz CT molecular complexity index is 463. The molecule has 1 aliphatic carbocycles. The molecule has 0 aromatic rings. The fourth-order valence-electron chi connectivity index (χ4n) is 2.61. The Hall–Kier alpha value is -1.78. The molecule has 1 saturated heterocycles. The summed E-state index contributed by atoms with van der Waals surface area (Å²) in [7, 11) is 0. The van der Waals surface area contributed by atoms with Crippen molar-refractivity contribution in [1.82, 2.24) is 10.2 Å². The minimum absolute atomic E-state index is 0.105. The van der Waals surface area contributed by atoms with Crippen molar-refractivity contribution in [2.45, 2.75) is 47.1 Å². The molecule has 1 N–H and O–H groups in total. The van der Waals surface area contributed by atoms with E-state index < -0.39 is 0 Å². The van der Waals surface area contributed by atoms with E-state index in [2.05, 4.69) is 5.32 Å². The Morgan fingerprint density at radius 2 is 1.95 bits per heavy atom. The summed E-state index contributed by atoms with van der Waals surface area (Å²) in [5, 5.41) is 2.88. The van der Waals surface area contributed by atoms with E-state index in [0.29, 0.717) is 0 Å². The first-order valence-corrected chi connectivity index (χ1v) is 7.97. The molecule has 0 bridgehead atoms. The first-order valence-electron chi connectivity index (χ1n) is 7.97. The van der Waals surface area contributed by atoms with Gasteiger partial charge in [-0.15, -0.1) is 0 Å². The molecule has 2 amide bonds. The minimum atomic E-state index is -0.378. The number of rotatable bonds is 4. The van der Waals surface area contributed by atoms with E-state index in [0.717, 1.165) is 25.1 Å². The number of amides is 2. The number of carbonyl (C=O) groups is 2. The average Bonchev–Trinajstić information content (AvgIpc) is 3.18. The van der Waals surface area contributed by atoms with Crippen LogP contribution in [0.3, 0.4) is 0 Å². The van der Waals surface area contributed by atoms with Gasteiger partial charge in [-0.3, -0.25) is 4.79 Å². The van der Waals surface area contributed by atoms with Gasteiger partial charge < -0.3 is 15.0 Å². The Labute approximate surface area is 133 Å². The molecule has 2 aliphatic rings. The second-order valence-corrected chi connectivity index (χ2v) is 5.58. The molecule has 1 heterocycles. The number of likely N-dealkylation sites (tertiary alicyclic amines) is 1. The normalized spacial score (nSPS) is 21.8. The van der Waals surface area contributed by atoms with Crippen LogP contribution in [0.25, 0.3) is 0 Å². The van der Waals surface area contributed by atoms with Crippen LogP contribution in [0, 0.1) is 5.41 Å². The van der Waals surface area contributed by atoms with Crippen LogP contribution in [0.15, 0.2) is 23.8 Å². The maximum absolute atomic E-state index is 11.7. The number of allylic oxidation sites excluding steroid dienone is 2. The third-order valence-corrected chi connectivity index (χ3v) is 4.06. The standard InChI is InChI=1S/C15H22N2O3.C2H6/c1-4-6-12(5-2)8-20-14(19)16-13-7-15(13)9-17(10-15)11(3)18;1-2/h4-6,13H,7-10H2,1-3H3,(H,16,19);1-2H3/b6-4-,12-5+;. The van der Waals surface area contributed by atoms with E-state index >= 15 is 0 Å². The Morgan fingerprint density at radius 3 is 2.45 bits per heavy atom. The largest absolute Gasteiger partial charge is 0.445 e. The number of ether oxygens (including phenoxy) is 1. The summed E-state index contributed by atoms with van der Waals surface area (Å²) in [6.07, 6.45) is 6.32. The van der Waals surface area contributed by atoms with Gasteiger partial charge in [-0.2, -0.15) is 0 Å². The molecule has 5 heteroatoms. The summed E-state index contributed by atoms with van der Waals surface area (Å²) in [6.45, 7) is 11.2. The van der Waals surface area contributed by atoms with Crippen LogP contribution in [-0.4, -0.2) is 42.6 Å². The van der Waals surface area contributed by atoms with E-state index in [4.69, 9.17) is 4.74 Å². The first-order chi connectivity index (χ1) is 10.5. The zero-order chi connectivity index (χ0) is 16.8. The van der Waals surface area contributed by atoms with Crippen molar-refractivity contribution in [3.63, 3.8) is 0 Å². The summed E-state index contributed by atoms with van der Waals surface area (Å²) >= 11 is 0. The lowest BCUT2D eigenvalue weighted by atomic mass is 9.96. The molecule has 1 saturated carbocycles. The number of alkyl carbamates (subject to hydrolysis) is 1. The third-order valence-electron chi connectivity index (χ3n) is 4.06. The van der Waals surface area contributed by atoms with Crippen molar-refractivity contribution in [1.29, 1.82) is 0 Å². The number of nitrogens with zero attached hydrogens (tertiary/aromatic N) is 1. The SMILES string of the molecule is C/C=C\C(=C/C)COC(=O)NC1CC12CN(C(C)=O)C2.CC. The molecule has 124 valence electrons. The Kier molecular flexibility index (Phi) is 6.65. The molecule has 0 aromatic heterocycles. The zero-order valence-electron chi connectivity index (χ0n) is 14.3. The highest BCUT2D eigenvalue weighted by atomic mass is 16.5. The molecular formula is C17H28N2O3. The summed E-state index contributed by atoms with van der Waals surface area (Å²) < 4.78 is 5.18. The van der Waals surface area contributed by atoms with Gasteiger partial charge in [0.2, 0.25) is 5.91 Å². The van der Waals surface area contributed by atoms with Gasteiger partial charge in [-0.25, -0.2) is 4.79 Å². The van der Waals surface area contributed by atoms with Crippen molar-refractivity contribution < 1.29 is 14.3 Å². The molecule has 5 nitrogen and oxygen atoms in total. The van der Waals surface area contributed by atoms with Crippen molar-refractivity contribution >= 4 is 12.0 Å². The number of nitrogens with one attached hydrogen (secondary N) is 1. The molecule has 2 rings (SSSR count). The van der Waals surface area contributed by atoms with Gasteiger partial charge in [0.15, 0.2) is 0 Å². The van der Waals surface area contributed by atoms with Gasteiger partial charge in [0.1, 0.15) is 6.61 Å². The van der Waals surface area contributed by atoms with Crippen molar-refractivity contribution in [3.05, 3.63) is 23.8 Å². The molecule has 2 fully saturated rings. The van der Waals surface area contributed by atoms with Crippen molar-refractivity contribution in [3.8, 4) is 0 Å². The van der Waals surface area contributed by atoms with E-state index in [1.807, 2.05) is 45.9 Å². The quantitative estimate of drug-likeness (QED) is 0.812. The van der Waals surface area contributed by atoms with Crippen LogP contribution in [0.1, 0.15) is 41.0 Å². The van der Waals surface area contributed by atoms with E-state index in [1.165, 1.54) is 0 Å². The summed E-state index contributed by atoms with van der Waals surface area (Å²) in [5.41, 5.74) is 1.09. The molecular weight excluding hydrogens is 280 g/mol. The molecule has 1 aliphatic heterocycles. The fourth-order valence-corrected chi connectivity index (χ4v) is 2.61. The summed E-state index contributed by atoms with van der Waals surface area (Å²) in [4.78, 5) is 24.6. The molecule has 0 aromatic carbocycles. The number of hydrogen-bond acceptors (Lipinski definition) is 3. The van der Waals surface area contributed by atoms with Crippen LogP contribution in [-0.2, 0) is 9.53 Å². The fraction of sp³-hybridized carbons (Fsp3) is 0.647. The molecule has 1 spiro atoms. The van der Waals surface area contributed by atoms with Gasteiger partial charge in [-0.1, -0.05) is 32.1 Å². The van der Waals surface area contributed by atoms with Gasteiger partial charge in [-0.05, 0) is 25.8 Å². The van der Waals surface area contributed by atoms with Crippen LogP contribution >= 0.6 is 0 Å². The second kappa shape index (κ2) is 8.01. The topological polar surface area (TPSA) is 58.6 Å². The maximum Gasteiger partial charge on any atom is 0.407 e. The third kappa shape index (κ3) is 4.36. The Morgan fingerprint density at radius 1 is 1.32 bits per heavy atom. The predicted octanol–water partition coefficient (Wildman–Crippen LogP) is 2.88. The lowest BCUT2D eigenvalue weighted by molar-refractivity contribution is -0.136. The summed E-state index contributed by atoms with van der Waals surface area (Å²) in [5.74, 6) is 0.105. The molecule has 0 radical (unpaired) electrons.